The van der Waals surface area contributed by atoms with Crippen molar-refractivity contribution in [2.75, 3.05) is 0 Å². The fraction of sp³-hybridized carbons (Fsp3) is 0.455. The lowest BCUT2D eigenvalue weighted by molar-refractivity contribution is 0.112. The van der Waals surface area contributed by atoms with Gasteiger partial charge in [0.15, 0.2) is 6.29 Å². The molecular formula is C11H15NO2. The van der Waals surface area contributed by atoms with E-state index < -0.39 is 0 Å². The minimum atomic E-state index is -0.263. The Hall–Kier alpha value is -1.38. The molecule has 3 nitrogen and oxygen atoms in total. The van der Waals surface area contributed by atoms with Gasteiger partial charge >= 0.3 is 0 Å². The Balaban J connectivity index is 2.95. The molecule has 1 rings (SSSR count). The topological polar surface area (TPSA) is 39.2 Å². The zero-order valence-corrected chi connectivity index (χ0v) is 9.00. The summed E-state index contributed by atoms with van der Waals surface area (Å²) in [5.41, 5.74) is 1.19. The second-order valence-electron chi connectivity index (χ2n) is 4.22. The van der Waals surface area contributed by atoms with E-state index in [0.29, 0.717) is 11.4 Å². The number of hydrogen-bond acceptors (Lipinski definition) is 3. The summed E-state index contributed by atoms with van der Waals surface area (Å²) in [6.07, 6.45) is 2.29. The Morgan fingerprint density at radius 1 is 1.43 bits per heavy atom. The van der Waals surface area contributed by atoms with Crippen LogP contribution < -0.4 is 4.74 Å². The van der Waals surface area contributed by atoms with Gasteiger partial charge in [-0.15, -0.1) is 0 Å². The van der Waals surface area contributed by atoms with Crippen LogP contribution in [0.25, 0.3) is 0 Å². The summed E-state index contributed by atoms with van der Waals surface area (Å²) >= 11 is 0. The monoisotopic (exact) mass is 193 g/mol. The molecule has 1 aromatic heterocycles. The zero-order valence-electron chi connectivity index (χ0n) is 9.00. The van der Waals surface area contributed by atoms with Crippen molar-refractivity contribution in [1.82, 2.24) is 4.98 Å². The molecular weight excluding hydrogens is 178 g/mol. The third kappa shape index (κ3) is 2.83. The Bertz CT molecular complexity index is 340. The van der Waals surface area contributed by atoms with E-state index >= 15 is 0 Å². The molecule has 0 saturated heterocycles. The van der Waals surface area contributed by atoms with Gasteiger partial charge in [-0.05, 0) is 33.8 Å². The van der Waals surface area contributed by atoms with Gasteiger partial charge in [0, 0.05) is 17.3 Å². The van der Waals surface area contributed by atoms with Gasteiger partial charge < -0.3 is 4.74 Å². The maximum Gasteiger partial charge on any atom is 0.216 e. The average Bonchev–Trinajstić information content (AvgIpc) is 2.06. The van der Waals surface area contributed by atoms with Crippen LogP contribution in [0, 0.1) is 6.92 Å². The van der Waals surface area contributed by atoms with Gasteiger partial charge in [-0.1, -0.05) is 0 Å². The average molecular weight is 193 g/mol. The molecule has 1 heterocycles. The van der Waals surface area contributed by atoms with Crippen molar-refractivity contribution >= 4 is 6.29 Å². The number of aldehydes is 1. The summed E-state index contributed by atoms with van der Waals surface area (Å²) in [6.45, 7) is 7.76. The largest absolute Gasteiger partial charge is 0.472 e. The minimum absolute atomic E-state index is 0.263. The lowest BCUT2D eigenvalue weighted by Crippen LogP contribution is -2.24. The van der Waals surface area contributed by atoms with E-state index in [-0.39, 0.29) is 5.60 Å². The smallest absolute Gasteiger partial charge is 0.216 e. The summed E-state index contributed by atoms with van der Waals surface area (Å²) in [5, 5.41) is 0. The lowest BCUT2D eigenvalue weighted by atomic mass is 10.2. The summed E-state index contributed by atoms with van der Waals surface area (Å²) in [4.78, 5) is 14.6. The van der Waals surface area contributed by atoms with Crippen molar-refractivity contribution in [3.63, 3.8) is 0 Å². The maximum absolute atomic E-state index is 10.5. The van der Waals surface area contributed by atoms with Gasteiger partial charge in [0.1, 0.15) is 5.60 Å². The molecule has 76 valence electrons. The quantitative estimate of drug-likeness (QED) is 0.677. The Labute approximate surface area is 84.1 Å². The van der Waals surface area contributed by atoms with E-state index in [0.717, 1.165) is 11.8 Å². The normalized spacial score (nSPS) is 11.1. The van der Waals surface area contributed by atoms with Crippen molar-refractivity contribution in [3.8, 4) is 5.88 Å². The van der Waals surface area contributed by atoms with E-state index in [9.17, 15) is 4.79 Å². The van der Waals surface area contributed by atoms with E-state index in [2.05, 4.69) is 4.98 Å². The van der Waals surface area contributed by atoms with E-state index in [1.54, 1.807) is 6.07 Å². The molecule has 0 radical (unpaired) electrons. The van der Waals surface area contributed by atoms with E-state index in [1.165, 1.54) is 6.20 Å². The number of aryl methyl sites for hydroxylation is 1. The third-order valence-electron chi connectivity index (χ3n) is 1.59. The number of aromatic nitrogens is 1. The number of pyridine rings is 1. The van der Waals surface area contributed by atoms with Crippen LogP contribution in [0.1, 0.15) is 36.7 Å². The van der Waals surface area contributed by atoms with Gasteiger partial charge in [-0.2, -0.15) is 0 Å². The van der Waals surface area contributed by atoms with Gasteiger partial charge in [0.2, 0.25) is 5.88 Å². The second kappa shape index (κ2) is 3.78. The van der Waals surface area contributed by atoms with Gasteiger partial charge in [-0.25, -0.2) is 4.98 Å². The van der Waals surface area contributed by atoms with Crippen molar-refractivity contribution in [2.45, 2.75) is 33.3 Å². The molecule has 14 heavy (non-hydrogen) atoms. The standard InChI is InChI=1S/C11H15NO2/c1-8-5-9(7-13)6-12-10(8)14-11(2,3)4/h5-7H,1-4H3. The highest BCUT2D eigenvalue weighted by Gasteiger charge is 2.14. The first-order chi connectivity index (χ1) is 6.42. The van der Waals surface area contributed by atoms with E-state index in [4.69, 9.17) is 4.74 Å². The third-order valence-corrected chi connectivity index (χ3v) is 1.59. The number of rotatable bonds is 2. The molecule has 0 aliphatic heterocycles. The number of carbonyl (C=O) groups is 1. The van der Waals surface area contributed by atoms with Crippen molar-refractivity contribution in [1.29, 1.82) is 0 Å². The Morgan fingerprint density at radius 3 is 2.50 bits per heavy atom. The van der Waals surface area contributed by atoms with Crippen LogP contribution in [0.5, 0.6) is 5.88 Å². The van der Waals surface area contributed by atoms with Crippen LogP contribution in [0.4, 0.5) is 0 Å². The van der Waals surface area contributed by atoms with Crippen LogP contribution >= 0.6 is 0 Å². The highest BCUT2D eigenvalue weighted by Crippen LogP contribution is 2.19. The van der Waals surface area contributed by atoms with Crippen molar-refractivity contribution in [3.05, 3.63) is 23.4 Å². The molecule has 0 spiro atoms. The van der Waals surface area contributed by atoms with Crippen LogP contribution in [-0.2, 0) is 0 Å². The lowest BCUT2D eigenvalue weighted by Gasteiger charge is -2.21. The van der Waals surface area contributed by atoms with Crippen molar-refractivity contribution in [2.24, 2.45) is 0 Å². The summed E-state index contributed by atoms with van der Waals surface area (Å²) in [7, 11) is 0. The molecule has 0 fully saturated rings. The van der Waals surface area contributed by atoms with Crippen LogP contribution in [0.3, 0.4) is 0 Å². The summed E-state index contributed by atoms with van der Waals surface area (Å²) < 4.78 is 5.60. The zero-order chi connectivity index (χ0) is 10.8. The summed E-state index contributed by atoms with van der Waals surface area (Å²) in [6, 6.07) is 1.76. The Morgan fingerprint density at radius 2 is 2.07 bits per heavy atom. The van der Waals surface area contributed by atoms with Crippen LogP contribution in [0.2, 0.25) is 0 Å². The highest BCUT2D eigenvalue weighted by molar-refractivity contribution is 5.74. The fourth-order valence-electron chi connectivity index (χ4n) is 1.05. The summed E-state index contributed by atoms with van der Waals surface area (Å²) in [5.74, 6) is 0.586. The molecule has 0 aliphatic carbocycles. The molecule has 0 aliphatic rings. The molecule has 0 bridgehead atoms. The van der Waals surface area contributed by atoms with Crippen molar-refractivity contribution < 1.29 is 9.53 Å². The molecule has 0 aromatic carbocycles. The molecule has 0 unspecified atom stereocenters. The number of ether oxygens (including phenoxy) is 1. The predicted octanol–water partition coefficient (Wildman–Crippen LogP) is 2.38. The molecule has 0 saturated carbocycles. The van der Waals surface area contributed by atoms with Crippen LogP contribution in [0.15, 0.2) is 12.3 Å². The van der Waals surface area contributed by atoms with E-state index in [1.807, 2.05) is 27.7 Å². The molecule has 1 aromatic rings. The molecule has 0 atom stereocenters. The van der Waals surface area contributed by atoms with Gasteiger partial charge in [0.25, 0.3) is 0 Å². The Kier molecular flexibility index (Phi) is 2.89. The number of carbonyl (C=O) groups excluding carboxylic acids is 1. The molecule has 0 N–H and O–H groups in total. The fourth-order valence-corrected chi connectivity index (χ4v) is 1.05. The molecule has 0 amide bonds. The first-order valence-electron chi connectivity index (χ1n) is 4.53. The number of hydrogen-bond donors (Lipinski definition) is 0. The first-order valence-corrected chi connectivity index (χ1v) is 4.53. The molecule has 3 heteroatoms. The SMILES string of the molecule is Cc1cc(C=O)cnc1OC(C)(C)C. The van der Waals surface area contributed by atoms with Gasteiger partial charge in [0.05, 0.1) is 0 Å². The number of nitrogens with zero attached hydrogens (tertiary/aromatic N) is 1. The predicted molar refractivity (Wildman–Crippen MR) is 54.7 cm³/mol. The second-order valence-corrected chi connectivity index (χ2v) is 4.22. The maximum atomic E-state index is 10.5. The first kappa shape index (κ1) is 10.7. The highest BCUT2D eigenvalue weighted by atomic mass is 16.5. The minimum Gasteiger partial charge on any atom is -0.472 e. The van der Waals surface area contributed by atoms with Crippen LogP contribution in [-0.4, -0.2) is 16.9 Å². The van der Waals surface area contributed by atoms with Gasteiger partial charge in [-0.3, -0.25) is 4.79 Å².